The molecule has 4 rings (SSSR count). The molecule has 0 amide bonds. The minimum absolute atomic E-state index is 0.499. The van der Waals surface area contributed by atoms with Gasteiger partial charge in [-0.15, -0.1) is 10.2 Å². The fourth-order valence-electron chi connectivity index (χ4n) is 2.55. The first kappa shape index (κ1) is 12.0. The Kier molecular flexibility index (Phi) is 2.47. The first-order chi connectivity index (χ1) is 10.3. The van der Waals surface area contributed by atoms with Gasteiger partial charge in [-0.3, -0.25) is 0 Å². The largest absolute Gasteiger partial charge is 0.399 e. The molecule has 0 saturated heterocycles. The number of aryl methyl sites for hydroxylation is 1. The molecule has 7 nitrogen and oxygen atoms in total. The second kappa shape index (κ2) is 4.34. The maximum Gasteiger partial charge on any atom is 0.272 e. The van der Waals surface area contributed by atoms with Crippen LogP contribution in [0.5, 0.6) is 0 Å². The molecule has 0 unspecified atom stereocenters. The average molecular weight is 280 g/mol. The van der Waals surface area contributed by atoms with Gasteiger partial charge in [0.1, 0.15) is 24.2 Å². The van der Waals surface area contributed by atoms with E-state index in [4.69, 9.17) is 4.84 Å². The highest BCUT2D eigenvalue weighted by Gasteiger charge is 2.30. The second-order valence-electron chi connectivity index (χ2n) is 4.66. The number of oxime groups is 1. The van der Waals surface area contributed by atoms with Gasteiger partial charge in [-0.25, -0.2) is 4.98 Å². The van der Waals surface area contributed by atoms with Crippen LogP contribution in [0.15, 0.2) is 29.4 Å². The van der Waals surface area contributed by atoms with Crippen LogP contribution in [0, 0.1) is 0 Å². The van der Waals surface area contributed by atoms with E-state index in [1.165, 1.54) is 7.11 Å². The number of hydrogen-bond acceptors (Lipinski definition) is 6. The fourth-order valence-corrected chi connectivity index (χ4v) is 2.55. The Hall–Kier alpha value is -2.83. The third kappa shape index (κ3) is 1.57. The number of nitrogens with zero attached hydrogens (tertiary/aromatic N) is 6. The summed E-state index contributed by atoms with van der Waals surface area (Å²) in [6, 6.07) is 7.90. The van der Waals surface area contributed by atoms with Gasteiger partial charge in [0, 0.05) is 17.5 Å². The summed E-state index contributed by atoms with van der Waals surface area (Å²) in [5.74, 6) is 1.27. The van der Waals surface area contributed by atoms with E-state index in [9.17, 15) is 0 Å². The molecule has 2 aromatic heterocycles. The van der Waals surface area contributed by atoms with E-state index in [1.807, 2.05) is 31.2 Å². The van der Waals surface area contributed by atoms with Crippen LogP contribution >= 0.6 is 0 Å². The maximum absolute atomic E-state index is 4.97. The van der Waals surface area contributed by atoms with Gasteiger partial charge in [0.15, 0.2) is 5.82 Å². The lowest BCUT2D eigenvalue weighted by Gasteiger charge is -2.01. The van der Waals surface area contributed by atoms with Crippen LogP contribution in [0.3, 0.4) is 0 Å². The van der Waals surface area contributed by atoms with Crippen LogP contribution in [-0.4, -0.2) is 37.6 Å². The van der Waals surface area contributed by atoms with Gasteiger partial charge in [-0.1, -0.05) is 36.3 Å². The summed E-state index contributed by atoms with van der Waals surface area (Å²) in [6.07, 6.45) is 0.734. The molecule has 0 spiro atoms. The molecule has 0 fully saturated rings. The molecule has 0 N–H and O–H groups in total. The smallest absolute Gasteiger partial charge is 0.272 e. The van der Waals surface area contributed by atoms with Crippen molar-refractivity contribution in [3.05, 3.63) is 41.3 Å². The van der Waals surface area contributed by atoms with Crippen LogP contribution in [0.1, 0.15) is 24.0 Å². The highest BCUT2D eigenvalue weighted by atomic mass is 16.6. The van der Waals surface area contributed by atoms with Crippen molar-refractivity contribution >= 4 is 11.5 Å². The van der Waals surface area contributed by atoms with Crippen molar-refractivity contribution in [1.29, 1.82) is 0 Å². The van der Waals surface area contributed by atoms with E-state index in [0.717, 1.165) is 29.1 Å². The first-order valence-corrected chi connectivity index (χ1v) is 6.67. The van der Waals surface area contributed by atoms with Crippen molar-refractivity contribution in [1.82, 2.24) is 24.8 Å². The molecule has 7 heteroatoms. The van der Waals surface area contributed by atoms with Gasteiger partial charge >= 0.3 is 0 Å². The van der Waals surface area contributed by atoms with Crippen molar-refractivity contribution < 1.29 is 4.84 Å². The average Bonchev–Trinajstić information content (AvgIpc) is 3.06. The molecule has 1 aliphatic rings. The van der Waals surface area contributed by atoms with Gasteiger partial charge in [0.2, 0.25) is 0 Å². The zero-order valence-corrected chi connectivity index (χ0v) is 11.6. The topological polar surface area (TPSA) is 77.6 Å². The van der Waals surface area contributed by atoms with E-state index in [2.05, 4.69) is 25.4 Å². The maximum atomic E-state index is 4.97. The molecule has 21 heavy (non-hydrogen) atoms. The van der Waals surface area contributed by atoms with Crippen LogP contribution < -0.4 is 0 Å². The number of rotatable bonds is 2. The van der Waals surface area contributed by atoms with Gasteiger partial charge in [0.05, 0.1) is 0 Å². The Balaban J connectivity index is 2.07. The minimum atomic E-state index is 0.499. The van der Waals surface area contributed by atoms with Gasteiger partial charge in [-0.05, 0) is 0 Å². The Morgan fingerprint density at radius 3 is 2.71 bits per heavy atom. The monoisotopic (exact) mass is 280 g/mol. The number of fused-ring (bicyclic) bond motifs is 4. The summed E-state index contributed by atoms with van der Waals surface area (Å²) in [5, 5.41) is 16.9. The van der Waals surface area contributed by atoms with E-state index >= 15 is 0 Å². The highest BCUT2D eigenvalue weighted by molar-refractivity contribution is 6.22. The molecule has 0 aliphatic heterocycles. The van der Waals surface area contributed by atoms with Crippen molar-refractivity contribution in [2.75, 3.05) is 7.11 Å². The Bertz CT molecular complexity index is 882. The van der Waals surface area contributed by atoms with E-state index in [0.29, 0.717) is 17.2 Å². The zero-order chi connectivity index (χ0) is 14.4. The Morgan fingerprint density at radius 2 is 1.95 bits per heavy atom. The molecule has 1 aromatic carbocycles. The second-order valence-corrected chi connectivity index (χ2v) is 4.66. The highest BCUT2D eigenvalue weighted by Crippen LogP contribution is 2.34. The number of benzene rings is 1. The zero-order valence-electron chi connectivity index (χ0n) is 11.6. The lowest BCUT2D eigenvalue weighted by atomic mass is 10.1. The van der Waals surface area contributed by atoms with Crippen molar-refractivity contribution in [2.45, 2.75) is 13.3 Å². The SMILES string of the molecule is CCc1nnc2nc3c(nn12)C(=NOC)c1ccccc1-3. The number of hydrogen-bond donors (Lipinski definition) is 0. The summed E-state index contributed by atoms with van der Waals surface area (Å²) in [5.41, 5.74) is 4.10. The lowest BCUT2D eigenvalue weighted by molar-refractivity contribution is 0.214. The molecule has 104 valence electrons. The van der Waals surface area contributed by atoms with Crippen molar-refractivity contribution in [2.24, 2.45) is 5.16 Å². The van der Waals surface area contributed by atoms with Crippen molar-refractivity contribution in [3.8, 4) is 11.3 Å². The Morgan fingerprint density at radius 1 is 1.14 bits per heavy atom. The van der Waals surface area contributed by atoms with Gasteiger partial charge in [-0.2, -0.15) is 9.61 Å². The molecule has 0 atom stereocenters. The summed E-state index contributed by atoms with van der Waals surface area (Å²) in [6.45, 7) is 2.00. The first-order valence-electron chi connectivity index (χ1n) is 6.67. The van der Waals surface area contributed by atoms with E-state index in [1.54, 1.807) is 4.52 Å². The molecular formula is C14H12N6O. The third-order valence-electron chi connectivity index (χ3n) is 3.49. The van der Waals surface area contributed by atoms with Gasteiger partial charge < -0.3 is 4.84 Å². The van der Waals surface area contributed by atoms with Crippen LogP contribution in [-0.2, 0) is 11.3 Å². The molecule has 0 saturated carbocycles. The summed E-state index contributed by atoms with van der Waals surface area (Å²) in [7, 11) is 1.52. The van der Waals surface area contributed by atoms with E-state index < -0.39 is 0 Å². The van der Waals surface area contributed by atoms with Crippen LogP contribution in [0.25, 0.3) is 17.0 Å². The van der Waals surface area contributed by atoms with Crippen molar-refractivity contribution in [3.63, 3.8) is 0 Å². The van der Waals surface area contributed by atoms with Crippen LogP contribution in [0.4, 0.5) is 0 Å². The Labute approximate surface area is 120 Å². The quantitative estimate of drug-likeness (QED) is 0.519. The fraction of sp³-hybridized carbons (Fsp3) is 0.214. The summed E-state index contributed by atoms with van der Waals surface area (Å²) < 4.78 is 1.66. The molecule has 0 radical (unpaired) electrons. The van der Waals surface area contributed by atoms with Gasteiger partial charge in [0.25, 0.3) is 5.78 Å². The van der Waals surface area contributed by atoms with E-state index in [-0.39, 0.29) is 0 Å². The predicted molar refractivity (Wildman–Crippen MR) is 76.0 cm³/mol. The third-order valence-corrected chi connectivity index (χ3v) is 3.49. The normalized spacial score (nSPS) is 14.5. The number of aromatic nitrogens is 5. The summed E-state index contributed by atoms with van der Waals surface area (Å²) in [4.78, 5) is 9.56. The molecule has 2 heterocycles. The molecule has 1 aliphatic carbocycles. The molecule has 0 bridgehead atoms. The lowest BCUT2D eigenvalue weighted by Crippen LogP contribution is -2.08. The standard InChI is InChI=1S/C14H12N6O/c1-3-10-16-17-14-15-11-8-6-4-5-7-9(8)12(19-21-2)13(11)18-20(10)14/h4-7H,3H2,1-2H3. The molecule has 3 aromatic rings. The minimum Gasteiger partial charge on any atom is -0.399 e. The predicted octanol–water partition coefficient (Wildman–Crippen LogP) is 1.46. The van der Waals surface area contributed by atoms with Crippen LogP contribution in [0.2, 0.25) is 0 Å². The summed E-state index contributed by atoms with van der Waals surface area (Å²) >= 11 is 0. The molecular weight excluding hydrogens is 268 g/mol.